The Morgan fingerprint density at radius 3 is 2.50 bits per heavy atom. The van der Waals surface area contributed by atoms with E-state index in [0.717, 1.165) is 5.56 Å². The highest BCUT2D eigenvalue weighted by Gasteiger charge is 2.14. The first-order chi connectivity index (χ1) is 9.47. The van der Waals surface area contributed by atoms with E-state index in [1.807, 2.05) is 4.90 Å². The van der Waals surface area contributed by atoms with Crippen molar-refractivity contribution in [1.29, 1.82) is 0 Å². The SMILES string of the molecule is CN(Cc1ccc(F)cc1)c1ccc(Br)cc1C(=O)O. The quantitative estimate of drug-likeness (QED) is 0.919. The number of rotatable bonds is 4. The zero-order chi connectivity index (χ0) is 14.7. The average Bonchev–Trinajstić information content (AvgIpc) is 2.41. The maximum Gasteiger partial charge on any atom is 0.337 e. The molecule has 1 N–H and O–H groups in total. The molecule has 2 aromatic rings. The van der Waals surface area contributed by atoms with Crippen LogP contribution >= 0.6 is 15.9 Å². The molecule has 5 heteroatoms. The molecule has 0 heterocycles. The Kier molecular flexibility index (Phi) is 4.39. The number of anilines is 1. The first-order valence-electron chi connectivity index (χ1n) is 5.96. The van der Waals surface area contributed by atoms with E-state index in [1.54, 1.807) is 37.4 Å². The molecule has 104 valence electrons. The van der Waals surface area contributed by atoms with E-state index in [9.17, 15) is 14.3 Å². The summed E-state index contributed by atoms with van der Waals surface area (Å²) in [6.07, 6.45) is 0. The topological polar surface area (TPSA) is 40.5 Å². The normalized spacial score (nSPS) is 10.3. The zero-order valence-electron chi connectivity index (χ0n) is 10.8. The van der Waals surface area contributed by atoms with E-state index < -0.39 is 5.97 Å². The second kappa shape index (κ2) is 6.05. The van der Waals surface area contributed by atoms with E-state index in [0.29, 0.717) is 16.7 Å². The lowest BCUT2D eigenvalue weighted by Gasteiger charge is -2.21. The van der Waals surface area contributed by atoms with Gasteiger partial charge in [0.25, 0.3) is 0 Å². The lowest BCUT2D eigenvalue weighted by molar-refractivity contribution is 0.0697. The standard InChI is InChI=1S/C15H13BrFNO2/c1-18(9-10-2-5-12(17)6-3-10)14-7-4-11(16)8-13(14)15(19)20/h2-8H,9H2,1H3,(H,19,20). The molecule has 0 aliphatic carbocycles. The molecule has 2 rings (SSSR count). The van der Waals surface area contributed by atoms with E-state index in [2.05, 4.69) is 15.9 Å². The number of carbonyl (C=O) groups is 1. The summed E-state index contributed by atoms with van der Waals surface area (Å²) in [7, 11) is 1.80. The van der Waals surface area contributed by atoms with Gasteiger partial charge in [0.2, 0.25) is 0 Å². The molecule has 2 aromatic carbocycles. The average molecular weight is 338 g/mol. The summed E-state index contributed by atoms with van der Waals surface area (Å²) < 4.78 is 13.6. The van der Waals surface area contributed by atoms with Crippen molar-refractivity contribution in [2.24, 2.45) is 0 Å². The van der Waals surface area contributed by atoms with E-state index in [4.69, 9.17) is 0 Å². The van der Waals surface area contributed by atoms with Gasteiger partial charge in [-0.05, 0) is 35.9 Å². The van der Waals surface area contributed by atoms with Crippen molar-refractivity contribution >= 4 is 27.6 Å². The maximum absolute atomic E-state index is 12.9. The predicted molar refractivity (Wildman–Crippen MR) is 79.6 cm³/mol. The Hall–Kier alpha value is -1.88. The van der Waals surface area contributed by atoms with Crippen LogP contribution in [-0.4, -0.2) is 18.1 Å². The fraction of sp³-hybridized carbons (Fsp3) is 0.133. The summed E-state index contributed by atoms with van der Waals surface area (Å²) in [6.45, 7) is 0.502. The largest absolute Gasteiger partial charge is 0.478 e. The Morgan fingerprint density at radius 2 is 1.90 bits per heavy atom. The molecule has 0 unspecified atom stereocenters. The molecule has 0 saturated carbocycles. The summed E-state index contributed by atoms with van der Waals surface area (Å²) in [4.78, 5) is 13.1. The monoisotopic (exact) mass is 337 g/mol. The van der Waals surface area contributed by atoms with Crippen LogP contribution in [-0.2, 0) is 6.54 Å². The number of halogens is 2. The van der Waals surface area contributed by atoms with Crippen molar-refractivity contribution in [3.63, 3.8) is 0 Å². The molecule has 0 spiro atoms. The van der Waals surface area contributed by atoms with Crippen LogP contribution in [0.15, 0.2) is 46.9 Å². The number of aromatic carboxylic acids is 1. The van der Waals surface area contributed by atoms with Crippen LogP contribution in [0, 0.1) is 5.82 Å². The second-order valence-electron chi connectivity index (χ2n) is 4.45. The fourth-order valence-corrected chi connectivity index (χ4v) is 2.32. The van der Waals surface area contributed by atoms with E-state index in [1.165, 1.54) is 12.1 Å². The van der Waals surface area contributed by atoms with Gasteiger partial charge in [-0.3, -0.25) is 0 Å². The van der Waals surface area contributed by atoms with Crippen molar-refractivity contribution < 1.29 is 14.3 Å². The van der Waals surface area contributed by atoms with Crippen LogP contribution in [0.2, 0.25) is 0 Å². The summed E-state index contributed by atoms with van der Waals surface area (Å²) in [5.41, 5.74) is 1.75. The number of carboxylic acids is 1. The summed E-state index contributed by atoms with van der Waals surface area (Å²) >= 11 is 3.27. The van der Waals surface area contributed by atoms with Crippen molar-refractivity contribution in [3.05, 3.63) is 63.9 Å². The Balaban J connectivity index is 2.27. The molecule has 0 aliphatic heterocycles. The highest BCUT2D eigenvalue weighted by atomic mass is 79.9. The van der Waals surface area contributed by atoms with Crippen LogP contribution in [0.4, 0.5) is 10.1 Å². The van der Waals surface area contributed by atoms with Gasteiger partial charge in [0.1, 0.15) is 5.82 Å². The second-order valence-corrected chi connectivity index (χ2v) is 5.36. The Labute approximate surface area is 124 Å². The number of hydrogen-bond acceptors (Lipinski definition) is 2. The highest BCUT2D eigenvalue weighted by molar-refractivity contribution is 9.10. The molecule has 0 saturated heterocycles. The molecule has 3 nitrogen and oxygen atoms in total. The minimum absolute atomic E-state index is 0.226. The first-order valence-corrected chi connectivity index (χ1v) is 6.75. The van der Waals surface area contributed by atoms with Gasteiger partial charge in [0.05, 0.1) is 11.3 Å². The van der Waals surface area contributed by atoms with Gasteiger partial charge in [-0.25, -0.2) is 9.18 Å². The molecule has 0 aromatic heterocycles. The number of benzene rings is 2. The third kappa shape index (κ3) is 3.36. The molecular formula is C15H13BrFNO2. The van der Waals surface area contributed by atoms with Crippen LogP contribution in [0.1, 0.15) is 15.9 Å². The summed E-state index contributed by atoms with van der Waals surface area (Å²) in [5, 5.41) is 9.24. The van der Waals surface area contributed by atoms with Gasteiger partial charge < -0.3 is 10.0 Å². The van der Waals surface area contributed by atoms with Gasteiger partial charge in [0.15, 0.2) is 0 Å². The van der Waals surface area contributed by atoms with Crippen molar-refractivity contribution in [3.8, 4) is 0 Å². The fourth-order valence-electron chi connectivity index (χ4n) is 1.96. The van der Waals surface area contributed by atoms with Crippen LogP contribution < -0.4 is 4.90 Å². The third-order valence-corrected chi connectivity index (χ3v) is 3.43. The van der Waals surface area contributed by atoms with Gasteiger partial charge in [-0.2, -0.15) is 0 Å². The van der Waals surface area contributed by atoms with Gasteiger partial charge >= 0.3 is 5.97 Å². The third-order valence-electron chi connectivity index (χ3n) is 2.93. The molecular weight excluding hydrogens is 325 g/mol. The smallest absolute Gasteiger partial charge is 0.337 e. The van der Waals surface area contributed by atoms with Crippen molar-refractivity contribution in [2.45, 2.75) is 6.54 Å². The van der Waals surface area contributed by atoms with Gasteiger partial charge in [-0.15, -0.1) is 0 Å². The predicted octanol–water partition coefficient (Wildman–Crippen LogP) is 3.92. The Bertz CT molecular complexity index is 628. The van der Waals surface area contributed by atoms with Crippen LogP contribution in [0.5, 0.6) is 0 Å². The number of hydrogen-bond donors (Lipinski definition) is 1. The lowest BCUT2D eigenvalue weighted by Crippen LogP contribution is -2.19. The molecule has 0 aliphatic rings. The van der Waals surface area contributed by atoms with Gasteiger partial charge in [-0.1, -0.05) is 28.1 Å². The summed E-state index contributed by atoms with van der Waals surface area (Å²) in [6, 6.07) is 11.3. The molecule has 0 fully saturated rings. The minimum Gasteiger partial charge on any atom is -0.478 e. The summed E-state index contributed by atoms with van der Waals surface area (Å²) in [5.74, 6) is -1.27. The number of nitrogens with zero attached hydrogens (tertiary/aromatic N) is 1. The minimum atomic E-state index is -0.979. The first kappa shape index (κ1) is 14.5. The van der Waals surface area contributed by atoms with Crippen molar-refractivity contribution in [1.82, 2.24) is 0 Å². The Morgan fingerprint density at radius 1 is 1.25 bits per heavy atom. The van der Waals surface area contributed by atoms with E-state index in [-0.39, 0.29) is 11.4 Å². The van der Waals surface area contributed by atoms with Gasteiger partial charge in [0, 0.05) is 18.1 Å². The zero-order valence-corrected chi connectivity index (χ0v) is 12.4. The van der Waals surface area contributed by atoms with Crippen LogP contribution in [0.3, 0.4) is 0 Å². The number of carboxylic acid groups (broad SMARTS) is 1. The van der Waals surface area contributed by atoms with Crippen molar-refractivity contribution in [2.75, 3.05) is 11.9 Å². The lowest BCUT2D eigenvalue weighted by atomic mass is 10.1. The van der Waals surface area contributed by atoms with Crippen LogP contribution in [0.25, 0.3) is 0 Å². The van der Waals surface area contributed by atoms with E-state index >= 15 is 0 Å². The molecule has 0 atom stereocenters. The highest BCUT2D eigenvalue weighted by Crippen LogP contribution is 2.25. The molecule has 20 heavy (non-hydrogen) atoms. The molecule has 0 radical (unpaired) electrons. The molecule has 0 amide bonds. The molecule has 0 bridgehead atoms. The maximum atomic E-state index is 12.9.